The molecule has 0 atom stereocenters. The predicted octanol–water partition coefficient (Wildman–Crippen LogP) is 0.723. The molecule has 1 saturated carbocycles. The Morgan fingerprint density at radius 2 is 2.19 bits per heavy atom. The third-order valence-electron chi connectivity index (χ3n) is 2.48. The summed E-state index contributed by atoms with van der Waals surface area (Å²) in [5.41, 5.74) is 0.896. The maximum Gasteiger partial charge on any atom is 0.223 e. The molecule has 5 heteroatoms. The van der Waals surface area contributed by atoms with E-state index in [1.54, 1.807) is 0 Å². The van der Waals surface area contributed by atoms with Crippen LogP contribution < -0.4 is 10.6 Å². The van der Waals surface area contributed by atoms with Crippen molar-refractivity contribution in [3.63, 3.8) is 0 Å². The minimum Gasteiger partial charge on any atom is -0.367 e. The van der Waals surface area contributed by atoms with Crippen molar-refractivity contribution in [1.82, 2.24) is 15.5 Å². The number of hydrogen-bond acceptors (Lipinski definition) is 4. The summed E-state index contributed by atoms with van der Waals surface area (Å²) in [5.74, 6) is 1.20. The fourth-order valence-electron chi connectivity index (χ4n) is 1.36. The maximum absolute atomic E-state index is 11.3. The van der Waals surface area contributed by atoms with Crippen molar-refractivity contribution in [1.29, 1.82) is 0 Å². The first-order chi connectivity index (χ1) is 7.75. The van der Waals surface area contributed by atoms with Crippen molar-refractivity contribution in [2.75, 3.05) is 18.4 Å². The number of carbonyl (C=O) groups excluding carboxylic acids is 1. The normalized spacial score (nSPS) is 14.6. The number of carbonyl (C=O) groups is 1. The molecule has 0 bridgehead atoms. The van der Waals surface area contributed by atoms with Crippen LogP contribution in [0.25, 0.3) is 0 Å². The van der Waals surface area contributed by atoms with Gasteiger partial charge >= 0.3 is 0 Å². The van der Waals surface area contributed by atoms with E-state index < -0.39 is 0 Å². The fourth-order valence-corrected chi connectivity index (χ4v) is 1.36. The summed E-state index contributed by atoms with van der Waals surface area (Å²) >= 11 is 0. The molecule has 1 aromatic rings. The average Bonchev–Trinajstić information content (AvgIpc) is 3.10. The molecule has 0 spiro atoms. The smallest absolute Gasteiger partial charge is 0.223 e. The third-order valence-corrected chi connectivity index (χ3v) is 2.48. The molecule has 2 rings (SSSR count). The van der Waals surface area contributed by atoms with Gasteiger partial charge in [0.2, 0.25) is 5.91 Å². The molecule has 86 valence electrons. The first-order valence-electron chi connectivity index (χ1n) is 5.57. The van der Waals surface area contributed by atoms with Gasteiger partial charge in [0, 0.05) is 19.0 Å². The van der Waals surface area contributed by atoms with E-state index in [1.807, 2.05) is 19.1 Å². The number of nitrogens with zero attached hydrogens (tertiary/aromatic N) is 2. The van der Waals surface area contributed by atoms with E-state index >= 15 is 0 Å². The number of nitrogens with one attached hydrogen (secondary N) is 2. The molecule has 2 N–H and O–H groups in total. The van der Waals surface area contributed by atoms with Crippen molar-refractivity contribution < 1.29 is 4.79 Å². The molecule has 0 saturated heterocycles. The summed E-state index contributed by atoms with van der Waals surface area (Å²) < 4.78 is 0. The second-order valence-corrected chi connectivity index (χ2v) is 4.05. The minimum absolute atomic E-state index is 0.178. The summed E-state index contributed by atoms with van der Waals surface area (Å²) in [6.07, 6.45) is 2.09. The maximum atomic E-state index is 11.3. The quantitative estimate of drug-likeness (QED) is 0.718. The van der Waals surface area contributed by atoms with Crippen molar-refractivity contribution in [2.45, 2.75) is 19.8 Å². The Labute approximate surface area is 94.6 Å². The van der Waals surface area contributed by atoms with Crippen LogP contribution in [0.2, 0.25) is 0 Å². The lowest BCUT2D eigenvalue weighted by Crippen LogP contribution is -2.29. The summed E-state index contributed by atoms with van der Waals surface area (Å²) in [6.45, 7) is 3.20. The Hall–Kier alpha value is -1.65. The molecule has 1 fully saturated rings. The molecular weight excluding hydrogens is 204 g/mol. The zero-order valence-corrected chi connectivity index (χ0v) is 9.36. The van der Waals surface area contributed by atoms with Gasteiger partial charge in [-0.15, -0.1) is 5.10 Å². The van der Waals surface area contributed by atoms with Crippen LogP contribution in [0.1, 0.15) is 18.5 Å². The molecule has 1 aromatic heterocycles. The van der Waals surface area contributed by atoms with E-state index in [0.717, 1.165) is 24.4 Å². The van der Waals surface area contributed by atoms with Crippen LogP contribution in [0.3, 0.4) is 0 Å². The summed E-state index contributed by atoms with van der Waals surface area (Å²) in [7, 11) is 0. The SMILES string of the molecule is Cc1ccc(NCCNC(=O)C2CC2)nn1. The fraction of sp³-hybridized carbons (Fsp3) is 0.545. The molecule has 1 amide bonds. The number of hydrogen-bond donors (Lipinski definition) is 2. The Kier molecular flexibility index (Phi) is 3.34. The summed E-state index contributed by atoms with van der Waals surface area (Å²) in [4.78, 5) is 11.3. The zero-order valence-electron chi connectivity index (χ0n) is 9.36. The molecule has 1 heterocycles. The van der Waals surface area contributed by atoms with Gasteiger partial charge in [-0.3, -0.25) is 4.79 Å². The van der Waals surface area contributed by atoms with Crippen molar-refractivity contribution in [2.24, 2.45) is 5.92 Å². The second-order valence-electron chi connectivity index (χ2n) is 4.05. The number of aromatic nitrogens is 2. The number of anilines is 1. The van der Waals surface area contributed by atoms with Crippen LogP contribution in [0.4, 0.5) is 5.82 Å². The number of aryl methyl sites for hydroxylation is 1. The van der Waals surface area contributed by atoms with Gasteiger partial charge in [-0.2, -0.15) is 5.10 Å². The number of amides is 1. The molecule has 16 heavy (non-hydrogen) atoms. The topological polar surface area (TPSA) is 66.9 Å². The standard InChI is InChI=1S/C11H16N4O/c1-8-2-5-10(15-14-8)12-6-7-13-11(16)9-3-4-9/h2,5,9H,3-4,6-7H2,1H3,(H,12,15)(H,13,16). The van der Waals surface area contributed by atoms with Crippen molar-refractivity contribution in [3.8, 4) is 0 Å². The van der Waals surface area contributed by atoms with E-state index in [9.17, 15) is 4.79 Å². The van der Waals surface area contributed by atoms with Gasteiger partial charge in [0.1, 0.15) is 5.82 Å². The predicted molar refractivity (Wildman–Crippen MR) is 61.0 cm³/mol. The van der Waals surface area contributed by atoms with E-state index in [4.69, 9.17) is 0 Å². The average molecular weight is 220 g/mol. The van der Waals surface area contributed by atoms with Crippen LogP contribution >= 0.6 is 0 Å². The van der Waals surface area contributed by atoms with Gasteiger partial charge in [-0.05, 0) is 31.9 Å². The minimum atomic E-state index is 0.178. The lowest BCUT2D eigenvalue weighted by Gasteiger charge is -2.06. The van der Waals surface area contributed by atoms with Crippen molar-refractivity contribution in [3.05, 3.63) is 17.8 Å². The molecule has 0 unspecified atom stereocenters. The molecule has 0 aliphatic heterocycles. The monoisotopic (exact) mass is 220 g/mol. The lowest BCUT2D eigenvalue weighted by atomic mass is 10.4. The van der Waals surface area contributed by atoms with E-state index in [1.165, 1.54) is 0 Å². The van der Waals surface area contributed by atoms with Gasteiger partial charge in [-0.25, -0.2) is 0 Å². The highest BCUT2D eigenvalue weighted by Gasteiger charge is 2.28. The molecule has 0 aromatic carbocycles. The lowest BCUT2D eigenvalue weighted by molar-refractivity contribution is -0.122. The van der Waals surface area contributed by atoms with E-state index in [0.29, 0.717) is 13.1 Å². The Bertz CT molecular complexity index is 359. The van der Waals surface area contributed by atoms with Gasteiger partial charge in [-0.1, -0.05) is 0 Å². The van der Waals surface area contributed by atoms with Crippen molar-refractivity contribution >= 4 is 11.7 Å². The van der Waals surface area contributed by atoms with Gasteiger partial charge in [0.05, 0.1) is 5.69 Å². The molecule has 5 nitrogen and oxygen atoms in total. The molecule has 0 radical (unpaired) electrons. The highest BCUT2D eigenvalue weighted by molar-refractivity contribution is 5.80. The number of rotatable bonds is 5. The molecule has 1 aliphatic carbocycles. The first-order valence-corrected chi connectivity index (χ1v) is 5.57. The largest absolute Gasteiger partial charge is 0.367 e. The molecular formula is C11H16N4O. The van der Waals surface area contributed by atoms with E-state index in [-0.39, 0.29) is 11.8 Å². The Morgan fingerprint density at radius 1 is 1.38 bits per heavy atom. The first kappa shape index (κ1) is 10.9. The molecule has 1 aliphatic rings. The van der Waals surface area contributed by atoms with Gasteiger partial charge < -0.3 is 10.6 Å². The van der Waals surface area contributed by atoms with Gasteiger partial charge in [0.25, 0.3) is 0 Å². The second kappa shape index (κ2) is 4.92. The van der Waals surface area contributed by atoms with Crippen LogP contribution in [-0.4, -0.2) is 29.2 Å². The highest BCUT2D eigenvalue weighted by atomic mass is 16.2. The van der Waals surface area contributed by atoms with Crippen LogP contribution in [-0.2, 0) is 4.79 Å². The summed E-state index contributed by atoms with van der Waals surface area (Å²) in [6, 6.07) is 3.78. The Balaban J connectivity index is 1.63. The van der Waals surface area contributed by atoms with Gasteiger partial charge in [0.15, 0.2) is 0 Å². The van der Waals surface area contributed by atoms with Crippen LogP contribution in [0, 0.1) is 12.8 Å². The van der Waals surface area contributed by atoms with Crippen LogP contribution in [0.5, 0.6) is 0 Å². The zero-order chi connectivity index (χ0) is 11.4. The Morgan fingerprint density at radius 3 is 2.81 bits per heavy atom. The summed E-state index contributed by atoms with van der Waals surface area (Å²) in [5, 5.41) is 13.9. The van der Waals surface area contributed by atoms with Crippen LogP contribution in [0.15, 0.2) is 12.1 Å². The van der Waals surface area contributed by atoms with E-state index in [2.05, 4.69) is 20.8 Å². The highest BCUT2D eigenvalue weighted by Crippen LogP contribution is 2.28. The third kappa shape index (κ3) is 3.18.